The van der Waals surface area contributed by atoms with Crippen LogP contribution in [-0.4, -0.2) is 31.8 Å². The van der Waals surface area contributed by atoms with Crippen molar-refractivity contribution in [1.29, 1.82) is 5.41 Å². The van der Waals surface area contributed by atoms with Crippen LogP contribution in [0.15, 0.2) is 36.7 Å². The van der Waals surface area contributed by atoms with Gasteiger partial charge < -0.3 is 4.74 Å². The molecule has 0 aliphatic rings. The number of hydrogen-bond donors (Lipinski definition) is 1. The number of ether oxygens (including phenoxy) is 1. The van der Waals surface area contributed by atoms with Gasteiger partial charge in [-0.3, -0.25) is 5.41 Å². The van der Waals surface area contributed by atoms with Gasteiger partial charge in [0.2, 0.25) is 5.90 Å². The molecule has 2 aromatic heterocycles. The summed E-state index contributed by atoms with van der Waals surface area (Å²) in [5, 5.41) is 11.3. The van der Waals surface area contributed by atoms with E-state index in [2.05, 4.69) is 15.1 Å². The molecular weight excluding hydrogens is 464 g/mol. The molecule has 0 saturated carbocycles. The molecule has 0 saturated heterocycles. The van der Waals surface area contributed by atoms with Crippen molar-refractivity contribution < 1.29 is 31.1 Å². The van der Waals surface area contributed by atoms with Crippen molar-refractivity contribution in [2.45, 2.75) is 32.3 Å². The Morgan fingerprint density at radius 3 is 2.19 bits per heavy atom. The van der Waals surface area contributed by atoms with Gasteiger partial charge in [0.1, 0.15) is 5.69 Å². The number of nitrogens with zero attached hydrogens (tertiary/aromatic N) is 4. The van der Waals surface area contributed by atoms with E-state index in [9.17, 15) is 26.3 Å². The van der Waals surface area contributed by atoms with Gasteiger partial charge in [0.05, 0.1) is 11.7 Å². The fourth-order valence-electron chi connectivity index (χ4n) is 2.83. The van der Waals surface area contributed by atoms with E-state index in [-0.39, 0.29) is 5.95 Å². The lowest BCUT2D eigenvalue weighted by Gasteiger charge is -2.15. The zero-order valence-electron chi connectivity index (χ0n) is 16.4. The smallest absolute Gasteiger partial charge is 0.435 e. The van der Waals surface area contributed by atoms with E-state index in [1.807, 2.05) is 0 Å². The Bertz CT molecular complexity index is 1140. The molecule has 0 spiro atoms. The van der Waals surface area contributed by atoms with E-state index in [0.29, 0.717) is 16.8 Å². The second-order valence-corrected chi connectivity index (χ2v) is 7.19. The highest BCUT2D eigenvalue weighted by atomic mass is 35.5. The Morgan fingerprint density at radius 2 is 1.66 bits per heavy atom. The summed E-state index contributed by atoms with van der Waals surface area (Å²) in [7, 11) is 0. The molecule has 1 N–H and O–H groups in total. The molecule has 32 heavy (non-hydrogen) atoms. The van der Waals surface area contributed by atoms with Crippen LogP contribution in [0.4, 0.5) is 26.3 Å². The molecule has 0 fully saturated rings. The topological polar surface area (TPSA) is 76.7 Å². The van der Waals surface area contributed by atoms with Gasteiger partial charge in [-0.15, -0.1) is 0 Å². The molecule has 0 unspecified atom stereocenters. The molecule has 0 aliphatic heterocycles. The molecular formula is C19H14ClF6N5O. The quantitative estimate of drug-likeness (QED) is 0.294. The number of halogens is 7. The molecule has 0 aliphatic carbocycles. The van der Waals surface area contributed by atoms with E-state index in [4.69, 9.17) is 21.7 Å². The number of rotatable bonds is 4. The first kappa shape index (κ1) is 23.5. The summed E-state index contributed by atoms with van der Waals surface area (Å²) in [6.07, 6.45) is -8.14. The summed E-state index contributed by atoms with van der Waals surface area (Å²) in [5.74, 6) is -1.10. The largest absolute Gasteiger partial charge is 0.474 e. The van der Waals surface area contributed by atoms with Gasteiger partial charge in [0.25, 0.3) is 5.95 Å². The molecule has 6 nitrogen and oxygen atoms in total. The first-order valence-corrected chi connectivity index (χ1v) is 9.28. The average molecular weight is 478 g/mol. The molecule has 170 valence electrons. The van der Waals surface area contributed by atoms with Gasteiger partial charge in [0.15, 0.2) is 5.69 Å². The highest BCUT2D eigenvalue weighted by molar-refractivity contribution is 6.31. The van der Waals surface area contributed by atoms with Crippen molar-refractivity contribution in [3.8, 4) is 17.1 Å². The van der Waals surface area contributed by atoms with Gasteiger partial charge in [-0.2, -0.15) is 36.1 Å². The molecule has 0 bridgehead atoms. The highest BCUT2D eigenvalue weighted by Crippen LogP contribution is 2.42. The van der Waals surface area contributed by atoms with E-state index >= 15 is 0 Å². The zero-order valence-corrected chi connectivity index (χ0v) is 17.1. The van der Waals surface area contributed by atoms with Gasteiger partial charge >= 0.3 is 12.4 Å². The Morgan fingerprint density at radius 1 is 1.03 bits per heavy atom. The van der Waals surface area contributed by atoms with E-state index < -0.39 is 57.5 Å². The lowest BCUT2D eigenvalue weighted by molar-refractivity contribution is -0.140. The first-order chi connectivity index (χ1) is 14.8. The van der Waals surface area contributed by atoms with Crippen LogP contribution in [-0.2, 0) is 17.1 Å². The summed E-state index contributed by atoms with van der Waals surface area (Å²) >= 11 is 5.79. The third-order valence-electron chi connectivity index (χ3n) is 3.98. The van der Waals surface area contributed by atoms with Gasteiger partial charge in [-0.1, -0.05) is 11.6 Å². The standard InChI is InChI=1S/C19H14ClF6N5O/c1-9(2)32-16(27)14-13(10-6-11(18(21,22)23)8-12(20)7-10)15(19(24,25)26)30-31(14)17-28-4-3-5-29-17/h3-9,27H,1-2H3. The fourth-order valence-corrected chi connectivity index (χ4v) is 3.07. The molecule has 3 rings (SSSR count). The van der Waals surface area contributed by atoms with E-state index in [1.165, 1.54) is 32.3 Å². The van der Waals surface area contributed by atoms with Crippen LogP contribution in [0.2, 0.25) is 5.02 Å². The predicted molar refractivity (Wildman–Crippen MR) is 103 cm³/mol. The van der Waals surface area contributed by atoms with Gasteiger partial charge in [-0.05, 0) is 43.7 Å². The van der Waals surface area contributed by atoms with E-state index in [1.54, 1.807) is 0 Å². The Labute approximate surface area is 182 Å². The lowest BCUT2D eigenvalue weighted by atomic mass is 9.99. The average Bonchev–Trinajstić information content (AvgIpc) is 3.08. The van der Waals surface area contributed by atoms with Gasteiger partial charge in [-0.25, -0.2) is 9.97 Å². The number of aromatic nitrogens is 4. The normalized spacial score (nSPS) is 12.3. The van der Waals surface area contributed by atoms with Crippen molar-refractivity contribution in [2.75, 3.05) is 0 Å². The minimum Gasteiger partial charge on any atom is -0.474 e. The Hall–Kier alpha value is -3.15. The maximum atomic E-state index is 13.9. The summed E-state index contributed by atoms with van der Waals surface area (Å²) in [4.78, 5) is 7.68. The molecule has 13 heteroatoms. The molecule has 3 aromatic rings. The van der Waals surface area contributed by atoms with Crippen molar-refractivity contribution in [1.82, 2.24) is 19.7 Å². The summed E-state index contributed by atoms with van der Waals surface area (Å²) in [6, 6.07) is 3.41. The summed E-state index contributed by atoms with van der Waals surface area (Å²) in [5.41, 5.74) is -4.76. The Kier molecular flexibility index (Phi) is 6.18. The number of alkyl halides is 6. The molecule has 0 amide bonds. The van der Waals surface area contributed by atoms with Crippen LogP contribution in [0.3, 0.4) is 0 Å². The van der Waals surface area contributed by atoms with E-state index in [0.717, 1.165) is 6.07 Å². The maximum Gasteiger partial charge on any atom is 0.435 e. The summed E-state index contributed by atoms with van der Waals surface area (Å²) in [6.45, 7) is 3.06. The second-order valence-electron chi connectivity index (χ2n) is 6.75. The van der Waals surface area contributed by atoms with Crippen LogP contribution in [0.25, 0.3) is 17.1 Å². The monoisotopic (exact) mass is 477 g/mol. The van der Waals surface area contributed by atoms with Crippen LogP contribution in [0.1, 0.15) is 30.8 Å². The second kappa shape index (κ2) is 8.41. The van der Waals surface area contributed by atoms with Crippen molar-refractivity contribution in [2.24, 2.45) is 0 Å². The molecule has 1 aromatic carbocycles. The van der Waals surface area contributed by atoms with Crippen LogP contribution >= 0.6 is 11.6 Å². The SMILES string of the molecule is CC(C)OC(=N)c1c(-c2cc(Cl)cc(C(F)(F)F)c2)c(C(F)(F)F)nn1-c1ncccn1. The van der Waals surface area contributed by atoms with Crippen molar-refractivity contribution >= 4 is 17.5 Å². The third-order valence-corrected chi connectivity index (χ3v) is 4.20. The maximum absolute atomic E-state index is 13.9. The molecule has 0 radical (unpaired) electrons. The van der Waals surface area contributed by atoms with Crippen molar-refractivity contribution in [3.05, 3.63) is 58.6 Å². The van der Waals surface area contributed by atoms with Crippen LogP contribution < -0.4 is 0 Å². The minimum atomic E-state index is -5.09. The molecule has 2 heterocycles. The first-order valence-electron chi connectivity index (χ1n) is 8.90. The van der Waals surface area contributed by atoms with Crippen molar-refractivity contribution in [3.63, 3.8) is 0 Å². The summed E-state index contributed by atoms with van der Waals surface area (Å²) < 4.78 is 87.6. The minimum absolute atomic E-state index is 0.338. The van der Waals surface area contributed by atoms with Crippen LogP contribution in [0.5, 0.6) is 0 Å². The molecule has 0 atom stereocenters. The number of nitrogens with one attached hydrogen (secondary N) is 1. The van der Waals surface area contributed by atoms with Gasteiger partial charge in [0, 0.05) is 23.0 Å². The van der Waals surface area contributed by atoms with Crippen LogP contribution in [0, 0.1) is 5.41 Å². The predicted octanol–water partition coefficient (Wildman–Crippen LogP) is 5.77. The number of benzene rings is 1. The zero-order chi connectivity index (χ0) is 23.8. The lowest BCUT2D eigenvalue weighted by Crippen LogP contribution is -2.18. The highest BCUT2D eigenvalue weighted by Gasteiger charge is 2.42. The third kappa shape index (κ3) is 4.85. The number of hydrogen-bond acceptors (Lipinski definition) is 5. The fraction of sp³-hybridized carbons (Fsp3) is 0.263. The Balaban J connectivity index is 2.42.